The molecule has 0 spiro atoms. The van der Waals surface area contributed by atoms with E-state index in [9.17, 15) is 9.18 Å². The highest BCUT2D eigenvalue weighted by molar-refractivity contribution is 6.62. The zero-order valence-corrected chi connectivity index (χ0v) is 16.0. The molecule has 0 bridgehead atoms. The molecule has 2 aromatic carbocycles. The molecule has 0 aromatic heterocycles. The average molecular weight is 367 g/mol. The summed E-state index contributed by atoms with van der Waals surface area (Å²) < 4.78 is 25.3. The van der Waals surface area contributed by atoms with Gasteiger partial charge in [-0.1, -0.05) is 24.3 Å². The van der Waals surface area contributed by atoms with Gasteiger partial charge in [-0.15, -0.1) is 0 Å². The predicted molar refractivity (Wildman–Crippen MR) is 103 cm³/mol. The van der Waals surface area contributed by atoms with Crippen LogP contribution in [-0.4, -0.2) is 24.2 Å². The molecule has 2 saturated heterocycles. The highest BCUT2D eigenvalue weighted by atomic mass is 19.1. The lowest BCUT2D eigenvalue weighted by molar-refractivity contribution is -0.124. The minimum Gasteiger partial charge on any atom is -0.399 e. The van der Waals surface area contributed by atoms with Crippen molar-refractivity contribution in [3.8, 4) is 0 Å². The summed E-state index contributed by atoms with van der Waals surface area (Å²) in [6.45, 7) is 8.12. The maximum Gasteiger partial charge on any atom is 0.494 e. The van der Waals surface area contributed by atoms with E-state index in [0.717, 1.165) is 11.0 Å². The number of rotatable bonds is 3. The van der Waals surface area contributed by atoms with E-state index in [1.165, 1.54) is 12.1 Å². The lowest BCUT2D eigenvalue weighted by Crippen LogP contribution is -2.46. The molecular formula is C21H23BFNO3. The number of β-lactam (4-membered cyclic amide) rings is 1. The van der Waals surface area contributed by atoms with Gasteiger partial charge in [-0.25, -0.2) is 4.39 Å². The van der Waals surface area contributed by atoms with Crippen molar-refractivity contribution in [1.82, 2.24) is 0 Å². The fraction of sp³-hybridized carbons (Fsp3) is 0.381. The summed E-state index contributed by atoms with van der Waals surface area (Å²) in [5, 5.41) is 0. The van der Waals surface area contributed by atoms with Gasteiger partial charge in [0.1, 0.15) is 5.82 Å². The zero-order valence-electron chi connectivity index (χ0n) is 16.0. The number of halogens is 1. The molecular weight excluding hydrogens is 344 g/mol. The zero-order chi connectivity index (χ0) is 19.4. The molecule has 27 heavy (non-hydrogen) atoms. The number of carbonyl (C=O) groups is 1. The molecule has 140 valence electrons. The van der Waals surface area contributed by atoms with Gasteiger partial charge in [0.05, 0.1) is 23.7 Å². The van der Waals surface area contributed by atoms with E-state index in [1.54, 1.807) is 17.0 Å². The lowest BCUT2D eigenvalue weighted by Gasteiger charge is -2.40. The van der Waals surface area contributed by atoms with Crippen molar-refractivity contribution < 1.29 is 18.5 Å². The molecule has 2 fully saturated rings. The molecule has 0 aliphatic carbocycles. The fourth-order valence-corrected chi connectivity index (χ4v) is 3.46. The lowest BCUT2D eigenvalue weighted by atomic mass is 9.78. The normalized spacial score (nSPS) is 23.4. The second-order valence-electron chi connectivity index (χ2n) is 8.21. The molecule has 6 heteroatoms. The average Bonchev–Trinajstić information content (AvgIpc) is 2.82. The van der Waals surface area contributed by atoms with Crippen LogP contribution in [0.5, 0.6) is 0 Å². The first-order chi connectivity index (χ1) is 12.7. The van der Waals surface area contributed by atoms with Crippen LogP contribution < -0.4 is 10.4 Å². The van der Waals surface area contributed by atoms with Crippen molar-refractivity contribution in [2.75, 3.05) is 4.90 Å². The Kier molecular flexibility index (Phi) is 4.16. The van der Waals surface area contributed by atoms with Crippen molar-refractivity contribution >= 4 is 24.2 Å². The molecule has 2 aromatic rings. The van der Waals surface area contributed by atoms with E-state index in [4.69, 9.17) is 9.31 Å². The van der Waals surface area contributed by atoms with Crippen LogP contribution in [0.4, 0.5) is 10.1 Å². The third-order valence-corrected chi connectivity index (χ3v) is 5.90. The van der Waals surface area contributed by atoms with E-state index in [0.29, 0.717) is 12.1 Å². The Morgan fingerprint density at radius 1 is 0.963 bits per heavy atom. The summed E-state index contributed by atoms with van der Waals surface area (Å²) in [5.41, 5.74) is 1.95. The number of carbonyl (C=O) groups excluding carboxylic acids is 1. The first-order valence-corrected chi connectivity index (χ1v) is 9.21. The molecule has 4 rings (SSSR count). The van der Waals surface area contributed by atoms with Crippen LogP contribution in [0.1, 0.15) is 45.7 Å². The molecule has 2 aliphatic rings. The molecule has 2 heterocycles. The Balaban J connectivity index is 1.53. The minimum absolute atomic E-state index is 0.0321. The van der Waals surface area contributed by atoms with E-state index >= 15 is 0 Å². The summed E-state index contributed by atoms with van der Waals surface area (Å²) >= 11 is 0. The SMILES string of the molecule is CC1(C)OB(c2ccc([C@@H]3CC(=O)N3c3ccc(F)cc3)cc2)OC1(C)C. The number of nitrogens with zero attached hydrogens (tertiary/aromatic N) is 1. The Morgan fingerprint density at radius 2 is 1.52 bits per heavy atom. The maximum absolute atomic E-state index is 13.2. The van der Waals surface area contributed by atoms with Crippen LogP contribution in [0.25, 0.3) is 0 Å². The Labute approximate surface area is 159 Å². The second-order valence-corrected chi connectivity index (χ2v) is 8.21. The third-order valence-electron chi connectivity index (χ3n) is 5.90. The van der Waals surface area contributed by atoms with Crippen molar-refractivity contribution in [2.24, 2.45) is 0 Å². The van der Waals surface area contributed by atoms with Crippen LogP contribution in [-0.2, 0) is 14.1 Å². The summed E-state index contributed by atoms with van der Waals surface area (Å²) in [6.07, 6.45) is 0.452. The number of hydrogen-bond donors (Lipinski definition) is 0. The monoisotopic (exact) mass is 367 g/mol. The Bertz CT molecular complexity index is 848. The standard InChI is InChI=1S/C21H23BFNO3/c1-20(2)21(3,4)27-22(26-20)15-7-5-14(6-8-15)18-13-19(25)24(18)17-11-9-16(23)10-12-17/h5-12,18H,13H2,1-4H3/t18-/m0/s1. The minimum atomic E-state index is -0.403. The topological polar surface area (TPSA) is 38.8 Å². The first-order valence-electron chi connectivity index (χ1n) is 9.21. The van der Waals surface area contributed by atoms with E-state index in [2.05, 4.69) is 0 Å². The second kappa shape index (κ2) is 6.18. The van der Waals surface area contributed by atoms with Crippen LogP contribution in [0, 0.1) is 5.82 Å². The van der Waals surface area contributed by atoms with Gasteiger partial charge in [0.2, 0.25) is 5.91 Å². The summed E-state index contributed by atoms with van der Waals surface area (Å²) in [7, 11) is -0.403. The van der Waals surface area contributed by atoms with Gasteiger partial charge in [-0.3, -0.25) is 4.79 Å². The summed E-state index contributed by atoms with van der Waals surface area (Å²) in [6, 6.07) is 14.0. The van der Waals surface area contributed by atoms with E-state index in [-0.39, 0.29) is 29.0 Å². The highest BCUT2D eigenvalue weighted by Crippen LogP contribution is 2.39. The van der Waals surface area contributed by atoms with Crippen LogP contribution in [0.2, 0.25) is 0 Å². The summed E-state index contributed by atoms with van der Waals surface area (Å²) in [4.78, 5) is 13.8. The molecule has 0 saturated carbocycles. The van der Waals surface area contributed by atoms with Crippen molar-refractivity contribution in [3.63, 3.8) is 0 Å². The van der Waals surface area contributed by atoms with E-state index < -0.39 is 7.12 Å². The predicted octanol–water partition coefficient (Wildman–Crippen LogP) is 3.60. The summed E-state index contributed by atoms with van der Waals surface area (Å²) in [5.74, 6) is -0.267. The molecule has 1 atom stereocenters. The van der Waals surface area contributed by atoms with Crippen LogP contribution in [0.15, 0.2) is 48.5 Å². The molecule has 2 aliphatic heterocycles. The highest BCUT2D eigenvalue weighted by Gasteiger charge is 2.51. The van der Waals surface area contributed by atoms with Crippen molar-refractivity contribution in [2.45, 2.75) is 51.4 Å². The van der Waals surface area contributed by atoms with Gasteiger partial charge in [-0.2, -0.15) is 0 Å². The number of anilines is 1. The Hall–Kier alpha value is -2.18. The maximum atomic E-state index is 13.2. The van der Waals surface area contributed by atoms with E-state index in [1.807, 2.05) is 52.0 Å². The molecule has 0 N–H and O–H groups in total. The number of hydrogen-bond acceptors (Lipinski definition) is 3. The van der Waals surface area contributed by atoms with Crippen molar-refractivity contribution in [3.05, 3.63) is 59.9 Å². The van der Waals surface area contributed by atoms with Gasteiger partial charge in [0.25, 0.3) is 0 Å². The van der Waals surface area contributed by atoms with Gasteiger partial charge in [0.15, 0.2) is 0 Å². The van der Waals surface area contributed by atoms with Crippen molar-refractivity contribution in [1.29, 1.82) is 0 Å². The number of benzene rings is 2. The van der Waals surface area contributed by atoms with Crippen LogP contribution >= 0.6 is 0 Å². The molecule has 0 unspecified atom stereocenters. The third kappa shape index (κ3) is 3.07. The van der Waals surface area contributed by atoms with Gasteiger partial charge < -0.3 is 14.2 Å². The quantitative estimate of drug-likeness (QED) is 0.615. The largest absolute Gasteiger partial charge is 0.494 e. The van der Waals surface area contributed by atoms with Gasteiger partial charge >= 0.3 is 7.12 Å². The smallest absolute Gasteiger partial charge is 0.399 e. The molecule has 4 nitrogen and oxygen atoms in total. The van der Waals surface area contributed by atoms with Gasteiger partial charge in [0, 0.05) is 5.69 Å². The number of amides is 1. The first kappa shape index (κ1) is 18.2. The fourth-order valence-electron chi connectivity index (χ4n) is 3.46. The Morgan fingerprint density at radius 3 is 2.04 bits per heavy atom. The molecule has 1 amide bonds. The molecule has 0 radical (unpaired) electrons. The van der Waals surface area contributed by atoms with Gasteiger partial charge in [-0.05, 0) is 63.0 Å². The van der Waals surface area contributed by atoms with Crippen LogP contribution in [0.3, 0.4) is 0 Å².